The number of ether oxygens (including phenoxy) is 1. The second-order valence-electron chi connectivity index (χ2n) is 6.71. The zero-order valence-electron chi connectivity index (χ0n) is 15.4. The van der Waals surface area contributed by atoms with E-state index in [4.69, 9.17) is 22.1 Å². The smallest absolute Gasteiger partial charge is 0.243 e. The minimum absolute atomic E-state index is 0.00624. The quantitative estimate of drug-likeness (QED) is 0.740. The van der Waals surface area contributed by atoms with E-state index < -0.39 is 5.91 Å². The number of hydrogen-bond donors (Lipinski definition) is 1. The molecule has 142 valence electrons. The number of hydrogen-bond acceptors (Lipinski definition) is 3. The van der Waals surface area contributed by atoms with Crippen LogP contribution in [0.2, 0.25) is 5.02 Å². The van der Waals surface area contributed by atoms with Gasteiger partial charge in [-0.05, 0) is 41.7 Å². The van der Waals surface area contributed by atoms with Gasteiger partial charge in [0, 0.05) is 24.7 Å². The summed E-state index contributed by atoms with van der Waals surface area (Å²) in [6.07, 6.45) is 2.03. The summed E-state index contributed by atoms with van der Waals surface area (Å²) in [7, 11) is 0. The molecule has 0 aliphatic carbocycles. The van der Waals surface area contributed by atoms with Gasteiger partial charge in [-0.15, -0.1) is 0 Å². The summed E-state index contributed by atoms with van der Waals surface area (Å²) in [6.45, 7) is 3.32. The number of benzene rings is 2. The summed E-state index contributed by atoms with van der Waals surface area (Å²) in [4.78, 5) is 13.1. The van der Waals surface area contributed by atoms with Gasteiger partial charge >= 0.3 is 0 Å². The summed E-state index contributed by atoms with van der Waals surface area (Å²) in [5, 5.41) is 0.752. The fourth-order valence-corrected chi connectivity index (χ4v) is 3.59. The van der Waals surface area contributed by atoms with Crippen molar-refractivity contribution in [3.63, 3.8) is 0 Å². The van der Waals surface area contributed by atoms with Crippen LogP contribution in [0.1, 0.15) is 24.0 Å². The fraction of sp³-hybridized carbons (Fsp3) is 0.318. The van der Waals surface area contributed by atoms with E-state index in [1.54, 1.807) is 0 Å². The highest BCUT2D eigenvalue weighted by molar-refractivity contribution is 6.30. The van der Waals surface area contributed by atoms with E-state index >= 15 is 0 Å². The number of primary amides is 1. The van der Waals surface area contributed by atoms with E-state index in [0.29, 0.717) is 6.61 Å². The third-order valence-electron chi connectivity index (χ3n) is 4.80. The first-order valence-electron chi connectivity index (χ1n) is 9.25. The number of piperidine rings is 1. The maximum absolute atomic E-state index is 10.7. The summed E-state index contributed by atoms with van der Waals surface area (Å²) in [6, 6.07) is 18.6. The molecule has 2 aromatic rings. The van der Waals surface area contributed by atoms with Crippen molar-refractivity contribution in [2.24, 2.45) is 5.73 Å². The van der Waals surface area contributed by atoms with Gasteiger partial charge in [0.05, 0.1) is 6.61 Å². The molecule has 0 unspecified atom stereocenters. The van der Waals surface area contributed by atoms with Gasteiger partial charge in [-0.2, -0.15) is 0 Å². The molecule has 1 saturated heterocycles. The molecule has 0 radical (unpaired) electrons. The zero-order valence-corrected chi connectivity index (χ0v) is 16.1. The molecule has 0 atom stereocenters. The van der Waals surface area contributed by atoms with E-state index in [-0.39, 0.29) is 6.61 Å². The summed E-state index contributed by atoms with van der Waals surface area (Å²) >= 11 is 6.08. The monoisotopic (exact) mass is 384 g/mol. The van der Waals surface area contributed by atoms with Gasteiger partial charge in [-0.25, -0.2) is 0 Å². The van der Waals surface area contributed by atoms with Crippen LogP contribution in [0.5, 0.6) is 0 Å². The third-order valence-corrected chi connectivity index (χ3v) is 5.06. The van der Waals surface area contributed by atoms with Gasteiger partial charge in [0.15, 0.2) is 0 Å². The number of carbonyl (C=O) groups excluding carboxylic acids is 1. The van der Waals surface area contributed by atoms with Gasteiger partial charge in [0.25, 0.3) is 0 Å². The van der Waals surface area contributed by atoms with Crippen molar-refractivity contribution in [2.75, 3.05) is 32.8 Å². The lowest BCUT2D eigenvalue weighted by Gasteiger charge is -2.30. The molecule has 3 rings (SSSR count). The van der Waals surface area contributed by atoms with Crippen molar-refractivity contribution >= 4 is 23.1 Å². The van der Waals surface area contributed by atoms with E-state index in [1.807, 2.05) is 18.2 Å². The van der Waals surface area contributed by atoms with Crippen LogP contribution < -0.4 is 5.73 Å². The second-order valence-corrected chi connectivity index (χ2v) is 7.15. The standard InChI is InChI=1S/C22H25ClN2O2/c23-20-8-6-18(7-9-20)22(17-4-2-1-3-5-17)19-10-12-25(13-11-19)14-15-27-16-21(24)26/h1-9H,10-16H2,(H2,24,26). The molecule has 27 heavy (non-hydrogen) atoms. The topological polar surface area (TPSA) is 55.6 Å². The maximum Gasteiger partial charge on any atom is 0.243 e. The summed E-state index contributed by atoms with van der Waals surface area (Å²) in [5.74, 6) is -0.422. The maximum atomic E-state index is 10.7. The average molecular weight is 385 g/mol. The average Bonchev–Trinajstić information content (AvgIpc) is 2.69. The molecule has 1 amide bonds. The number of halogens is 1. The lowest BCUT2D eigenvalue weighted by molar-refractivity contribution is -0.122. The van der Waals surface area contributed by atoms with Crippen molar-refractivity contribution in [3.8, 4) is 0 Å². The molecule has 1 aliphatic rings. The SMILES string of the molecule is NC(=O)COCCN1CCC(=C(c2ccccc2)c2ccc(Cl)cc2)CC1. The van der Waals surface area contributed by atoms with Gasteiger partial charge in [-0.1, -0.05) is 59.6 Å². The van der Waals surface area contributed by atoms with Gasteiger partial charge in [0.1, 0.15) is 6.61 Å². The van der Waals surface area contributed by atoms with Gasteiger partial charge < -0.3 is 15.4 Å². The number of nitrogens with two attached hydrogens (primary N) is 1. The Labute approximate surface area is 165 Å². The molecule has 0 aromatic heterocycles. The van der Waals surface area contributed by atoms with E-state index in [0.717, 1.165) is 37.5 Å². The lowest BCUT2D eigenvalue weighted by atomic mass is 9.88. The molecule has 1 aliphatic heterocycles. The molecule has 0 saturated carbocycles. The van der Waals surface area contributed by atoms with Crippen LogP contribution in [0.4, 0.5) is 0 Å². The van der Waals surface area contributed by atoms with Crippen LogP contribution in [0.25, 0.3) is 5.57 Å². The van der Waals surface area contributed by atoms with Crippen LogP contribution in [0.3, 0.4) is 0 Å². The van der Waals surface area contributed by atoms with Crippen molar-refractivity contribution in [2.45, 2.75) is 12.8 Å². The molecule has 0 bridgehead atoms. The molecule has 2 N–H and O–H groups in total. The molecular formula is C22H25ClN2O2. The highest BCUT2D eigenvalue weighted by Gasteiger charge is 2.19. The van der Waals surface area contributed by atoms with Crippen LogP contribution in [0, 0.1) is 0 Å². The summed E-state index contributed by atoms with van der Waals surface area (Å²) < 4.78 is 5.28. The minimum Gasteiger partial charge on any atom is -0.370 e. The molecule has 5 heteroatoms. The van der Waals surface area contributed by atoms with Gasteiger partial charge in [0.2, 0.25) is 5.91 Å². The number of carbonyl (C=O) groups is 1. The Balaban J connectivity index is 1.72. The highest BCUT2D eigenvalue weighted by Crippen LogP contribution is 2.32. The largest absolute Gasteiger partial charge is 0.370 e. The van der Waals surface area contributed by atoms with Crippen molar-refractivity contribution in [1.82, 2.24) is 4.90 Å². The Bertz CT molecular complexity index is 778. The predicted octanol–water partition coefficient (Wildman–Crippen LogP) is 3.74. The van der Waals surface area contributed by atoms with E-state index in [1.165, 1.54) is 22.3 Å². The number of amides is 1. The fourth-order valence-electron chi connectivity index (χ4n) is 3.46. The number of nitrogens with zero attached hydrogens (tertiary/aromatic N) is 1. The second kappa shape index (κ2) is 9.70. The number of likely N-dealkylation sites (tertiary alicyclic amines) is 1. The molecule has 4 nitrogen and oxygen atoms in total. The van der Waals surface area contributed by atoms with Crippen LogP contribution in [-0.4, -0.2) is 43.7 Å². The normalized spacial score (nSPS) is 14.9. The molecular weight excluding hydrogens is 360 g/mol. The number of rotatable bonds is 7. The van der Waals surface area contributed by atoms with E-state index in [9.17, 15) is 4.79 Å². The lowest BCUT2D eigenvalue weighted by Crippen LogP contribution is -2.34. The van der Waals surface area contributed by atoms with Crippen molar-refractivity contribution in [1.29, 1.82) is 0 Å². The van der Waals surface area contributed by atoms with Crippen LogP contribution >= 0.6 is 11.6 Å². The molecule has 1 heterocycles. The highest BCUT2D eigenvalue weighted by atomic mass is 35.5. The van der Waals surface area contributed by atoms with E-state index in [2.05, 4.69) is 41.3 Å². The minimum atomic E-state index is -0.422. The van der Waals surface area contributed by atoms with Crippen molar-refractivity contribution in [3.05, 3.63) is 76.3 Å². The predicted molar refractivity (Wildman–Crippen MR) is 110 cm³/mol. The Morgan fingerprint density at radius 2 is 1.63 bits per heavy atom. The Hall–Kier alpha value is -2.14. The zero-order chi connectivity index (χ0) is 19.1. The Morgan fingerprint density at radius 1 is 1.00 bits per heavy atom. The third kappa shape index (κ3) is 5.67. The Kier molecular flexibility index (Phi) is 7.04. The first-order valence-corrected chi connectivity index (χ1v) is 9.63. The van der Waals surface area contributed by atoms with Crippen LogP contribution in [-0.2, 0) is 9.53 Å². The molecule has 1 fully saturated rings. The van der Waals surface area contributed by atoms with Gasteiger partial charge in [-0.3, -0.25) is 4.79 Å². The summed E-state index contributed by atoms with van der Waals surface area (Å²) in [5.41, 5.74) is 10.3. The first-order chi connectivity index (χ1) is 13.1. The first kappa shape index (κ1) is 19.6. The molecule has 0 spiro atoms. The van der Waals surface area contributed by atoms with Crippen LogP contribution in [0.15, 0.2) is 60.2 Å². The van der Waals surface area contributed by atoms with Crippen molar-refractivity contribution < 1.29 is 9.53 Å². The Morgan fingerprint density at radius 3 is 2.26 bits per heavy atom. The molecule has 2 aromatic carbocycles.